The molecular weight excluding hydrogens is 517 g/mol. The molecule has 3 aromatic rings. The van der Waals surface area contributed by atoms with Crippen molar-refractivity contribution in [2.45, 2.75) is 37.5 Å². The Morgan fingerprint density at radius 1 is 1.23 bits per heavy atom. The van der Waals surface area contributed by atoms with Crippen LogP contribution in [0.1, 0.15) is 28.8 Å². The van der Waals surface area contributed by atoms with Crippen LogP contribution in [0.3, 0.4) is 0 Å². The number of hydrogen-bond donors (Lipinski definition) is 2. The first-order valence-corrected chi connectivity index (χ1v) is 12.4. The zero-order chi connectivity index (χ0) is 28.1. The lowest BCUT2D eigenvalue weighted by Gasteiger charge is -2.36. The number of aromatic nitrogens is 4. The maximum Gasteiger partial charge on any atom is 0.257 e. The lowest BCUT2D eigenvalue weighted by Crippen LogP contribution is -2.47. The third-order valence-electron chi connectivity index (χ3n) is 7.05. The van der Waals surface area contributed by atoms with E-state index in [-0.39, 0.29) is 24.5 Å². The zero-order valence-electron chi connectivity index (χ0n) is 21.7. The molecule has 11 nitrogen and oxygen atoms in total. The van der Waals surface area contributed by atoms with Gasteiger partial charge in [-0.15, -0.1) is 0 Å². The minimum Gasteiger partial charge on any atom is -0.480 e. The third kappa shape index (κ3) is 5.07. The smallest absolute Gasteiger partial charge is 0.257 e. The molecule has 0 radical (unpaired) electrons. The van der Waals surface area contributed by atoms with Crippen molar-refractivity contribution in [2.24, 2.45) is 5.92 Å². The number of nitrogens with one attached hydrogen (secondary N) is 1. The number of nitrogens with zero attached hydrogens (tertiary/aromatic N) is 6. The van der Waals surface area contributed by atoms with Crippen LogP contribution < -0.4 is 15.8 Å². The molecular formula is C25H29F3N8O3. The normalized spacial score (nSPS) is 20.8. The Morgan fingerprint density at radius 3 is 2.64 bits per heavy atom. The lowest BCUT2D eigenvalue weighted by molar-refractivity contribution is -0.159. The van der Waals surface area contributed by atoms with Gasteiger partial charge in [-0.3, -0.25) is 9.59 Å². The van der Waals surface area contributed by atoms with Crippen molar-refractivity contribution in [3.63, 3.8) is 0 Å². The van der Waals surface area contributed by atoms with Gasteiger partial charge in [0.15, 0.2) is 5.82 Å². The number of nitrogen functional groups attached to an aromatic ring is 1. The Balaban J connectivity index is 1.39. The first kappa shape index (κ1) is 26.7. The van der Waals surface area contributed by atoms with E-state index in [0.29, 0.717) is 29.1 Å². The highest BCUT2D eigenvalue weighted by molar-refractivity contribution is 5.98. The minimum atomic E-state index is -2.85. The number of carbonyl (C=O) groups excluding carboxylic acids is 2. The zero-order valence-corrected chi connectivity index (χ0v) is 21.7. The van der Waals surface area contributed by atoms with Gasteiger partial charge in [0.25, 0.3) is 5.91 Å². The molecule has 0 bridgehead atoms. The SMILES string of the molecule is COc1ncc(-c2cc(CN(C)C)c3c(N)ncnn23)cc1C(=O)N[C@@H]1CN(C(=O)C2CC(F)(F)C2)C[C@@H]1F. The van der Waals surface area contributed by atoms with E-state index in [4.69, 9.17) is 10.5 Å². The van der Waals surface area contributed by atoms with Crippen molar-refractivity contribution in [1.82, 2.24) is 34.7 Å². The molecule has 2 aliphatic rings. The summed E-state index contributed by atoms with van der Waals surface area (Å²) in [7, 11) is 5.19. The molecule has 2 fully saturated rings. The summed E-state index contributed by atoms with van der Waals surface area (Å²) in [5.74, 6) is -4.52. The summed E-state index contributed by atoms with van der Waals surface area (Å²) in [6, 6.07) is 2.43. The fourth-order valence-electron chi connectivity index (χ4n) is 5.15. The summed E-state index contributed by atoms with van der Waals surface area (Å²) in [4.78, 5) is 37.3. The highest BCUT2D eigenvalue weighted by atomic mass is 19.3. The number of fused-ring (bicyclic) bond motifs is 1. The van der Waals surface area contributed by atoms with E-state index in [9.17, 15) is 22.8 Å². The summed E-state index contributed by atoms with van der Waals surface area (Å²) in [6.07, 6.45) is 0.232. The molecule has 1 saturated carbocycles. The van der Waals surface area contributed by atoms with Gasteiger partial charge in [0.2, 0.25) is 17.7 Å². The van der Waals surface area contributed by atoms with Gasteiger partial charge in [-0.25, -0.2) is 27.7 Å². The van der Waals surface area contributed by atoms with Crippen LogP contribution in [0.15, 0.2) is 24.7 Å². The number of halogens is 3. The molecule has 0 unspecified atom stereocenters. The lowest BCUT2D eigenvalue weighted by atomic mass is 9.80. The molecule has 14 heteroatoms. The number of pyridine rings is 1. The van der Waals surface area contributed by atoms with Crippen molar-refractivity contribution in [2.75, 3.05) is 40.0 Å². The second kappa shape index (κ2) is 9.98. The molecule has 1 aliphatic carbocycles. The van der Waals surface area contributed by atoms with Crippen LogP contribution >= 0.6 is 0 Å². The number of alkyl halides is 3. The van der Waals surface area contributed by atoms with E-state index >= 15 is 0 Å². The quantitative estimate of drug-likeness (QED) is 0.459. The Hall–Kier alpha value is -3.94. The van der Waals surface area contributed by atoms with Crippen LogP contribution in [-0.2, 0) is 11.3 Å². The average Bonchev–Trinajstić information content (AvgIpc) is 3.42. The number of methoxy groups -OCH3 is 1. The number of anilines is 1. The number of carbonyl (C=O) groups is 2. The Labute approximate surface area is 222 Å². The van der Waals surface area contributed by atoms with Gasteiger partial charge in [-0.05, 0) is 31.8 Å². The number of amides is 2. The minimum absolute atomic E-state index is 0.0257. The largest absolute Gasteiger partial charge is 0.480 e. The van der Waals surface area contributed by atoms with Gasteiger partial charge in [-0.2, -0.15) is 5.10 Å². The van der Waals surface area contributed by atoms with Crippen molar-refractivity contribution < 1.29 is 27.5 Å². The topological polar surface area (TPSA) is 131 Å². The molecule has 5 rings (SSSR count). The molecule has 4 heterocycles. The van der Waals surface area contributed by atoms with Gasteiger partial charge in [0.05, 0.1) is 25.4 Å². The molecule has 1 saturated heterocycles. The number of rotatable bonds is 7. The number of likely N-dealkylation sites (tertiary alicyclic amines) is 1. The standard InChI is InChI=1S/C25H29F3N8O3/c1-34(2)9-14-5-19(36-20(14)21(29)31-12-32-36)13-4-16(23(39-3)30-8-13)22(37)33-18-11-35(10-17(18)26)24(38)15-6-25(27,28)7-15/h4-5,8,12,15,17-18H,6-7,9-11H2,1-3H3,(H,33,37)(H2,29,31,32)/t17-,18+/m0/s1. The van der Waals surface area contributed by atoms with Crippen molar-refractivity contribution >= 4 is 23.1 Å². The van der Waals surface area contributed by atoms with E-state index < -0.39 is 48.7 Å². The molecule has 208 valence electrons. The van der Waals surface area contributed by atoms with Crippen molar-refractivity contribution in [1.29, 1.82) is 0 Å². The third-order valence-corrected chi connectivity index (χ3v) is 7.05. The monoisotopic (exact) mass is 546 g/mol. The Morgan fingerprint density at radius 2 is 1.97 bits per heavy atom. The molecule has 2 atom stereocenters. The van der Waals surface area contributed by atoms with E-state index in [0.717, 1.165) is 5.56 Å². The van der Waals surface area contributed by atoms with E-state index in [1.165, 1.54) is 24.5 Å². The van der Waals surface area contributed by atoms with E-state index in [1.54, 1.807) is 10.6 Å². The second-order valence-corrected chi connectivity index (χ2v) is 10.3. The summed E-state index contributed by atoms with van der Waals surface area (Å²) in [5, 5.41) is 6.95. The predicted octanol–water partition coefficient (Wildman–Crippen LogP) is 1.77. The fraction of sp³-hybridized carbons (Fsp3) is 0.480. The van der Waals surface area contributed by atoms with Gasteiger partial charge in [0.1, 0.15) is 23.6 Å². The molecule has 3 aromatic heterocycles. The Kier molecular flexibility index (Phi) is 6.83. The summed E-state index contributed by atoms with van der Waals surface area (Å²) >= 11 is 0. The van der Waals surface area contributed by atoms with Crippen LogP contribution in [-0.4, -0.2) is 93.6 Å². The average molecular weight is 547 g/mol. The second-order valence-electron chi connectivity index (χ2n) is 10.3. The maximum absolute atomic E-state index is 14.8. The van der Waals surface area contributed by atoms with Gasteiger partial charge in [0, 0.05) is 43.6 Å². The summed E-state index contributed by atoms with van der Waals surface area (Å²) in [5.41, 5.74) is 8.83. The molecule has 39 heavy (non-hydrogen) atoms. The van der Waals surface area contributed by atoms with Crippen LogP contribution in [0.4, 0.5) is 19.0 Å². The van der Waals surface area contributed by atoms with E-state index in [2.05, 4.69) is 20.4 Å². The number of ether oxygens (including phenoxy) is 1. The summed E-state index contributed by atoms with van der Waals surface area (Å²) < 4.78 is 48.1. The predicted molar refractivity (Wildman–Crippen MR) is 135 cm³/mol. The molecule has 0 spiro atoms. The molecule has 0 aromatic carbocycles. The van der Waals surface area contributed by atoms with Gasteiger partial charge < -0.3 is 25.6 Å². The fourth-order valence-corrected chi connectivity index (χ4v) is 5.15. The van der Waals surface area contributed by atoms with Crippen molar-refractivity contribution in [3.8, 4) is 17.1 Å². The first-order chi connectivity index (χ1) is 18.5. The van der Waals surface area contributed by atoms with Gasteiger partial charge >= 0.3 is 0 Å². The Bertz CT molecular complexity index is 1420. The van der Waals surface area contributed by atoms with Crippen LogP contribution in [0.2, 0.25) is 0 Å². The van der Waals surface area contributed by atoms with E-state index in [1.807, 2.05) is 25.1 Å². The molecule has 3 N–H and O–H groups in total. The van der Waals surface area contributed by atoms with Crippen LogP contribution in [0, 0.1) is 5.92 Å². The maximum atomic E-state index is 14.8. The van der Waals surface area contributed by atoms with Crippen LogP contribution in [0.5, 0.6) is 5.88 Å². The highest BCUT2D eigenvalue weighted by Gasteiger charge is 2.51. The van der Waals surface area contributed by atoms with Crippen LogP contribution in [0.25, 0.3) is 16.8 Å². The summed E-state index contributed by atoms with van der Waals surface area (Å²) in [6.45, 7) is 0.176. The highest BCUT2D eigenvalue weighted by Crippen LogP contribution is 2.43. The van der Waals surface area contributed by atoms with Crippen molar-refractivity contribution in [3.05, 3.63) is 35.8 Å². The molecule has 1 aliphatic heterocycles. The first-order valence-electron chi connectivity index (χ1n) is 12.4. The van der Waals surface area contributed by atoms with Gasteiger partial charge in [-0.1, -0.05) is 0 Å². The molecule has 2 amide bonds. The number of nitrogens with two attached hydrogens (primary N) is 1. The number of hydrogen-bond acceptors (Lipinski definition) is 8.